The molecule has 0 saturated heterocycles. The Bertz CT molecular complexity index is 132. The summed E-state index contributed by atoms with van der Waals surface area (Å²) in [5, 5.41) is 0. The molecular formula is C6H8F3OS. The van der Waals surface area contributed by atoms with Crippen LogP contribution in [0.15, 0.2) is 0 Å². The Morgan fingerprint density at radius 2 is 1.91 bits per heavy atom. The lowest BCUT2D eigenvalue weighted by Crippen LogP contribution is -2.25. The Morgan fingerprint density at radius 3 is 2.27 bits per heavy atom. The van der Waals surface area contributed by atoms with Gasteiger partial charge in [-0.15, -0.1) is 0 Å². The van der Waals surface area contributed by atoms with E-state index in [1.807, 2.05) is 0 Å². The molecule has 1 saturated carbocycles. The predicted octanol–water partition coefficient (Wildman–Crippen LogP) is 1.67. The van der Waals surface area contributed by atoms with E-state index in [-0.39, 0.29) is 5.75 Å². The first kappa shape index (κ1) is 9.19. The van der Waals surface area contributed by atoms with E-state index in [2.05, 4.69) is 0 Å². The number of rotatable bonds is 3. The van der Waals surface area contributed by atoms with E-state index in [0.717, 1.165) is 18.8 Å². The fourth-order valence-electron chi connectivity index (χ4n) is 0.694. The van der Waals surface area contributed by atoms with Crippen molar-refractivity contribution >= 4 is 11.2 Å². The van der Waals surface area contributed by atoms with Crippen LogP contribution in [0.25, 0.3) is 0 Å². The number of hydrogen-bond acceptors (Lipinski definition) is 1. The lowest BCUT2D eigenvalue weighted by molar-refractivity contribution is -0.106. The molecule has 1 unspecified atom stereocenters. The van der Waals surface area contributed by atoms with Crippen molar-refractivity contribution in [1.82, 2.24) is 0 Å². The molecule has 0 aromatic heterocycles. The minimum Gasteiger partial charge on any atom is -0.616 e. The van der Waals surface area contributed by atoms with Gasteiger partial charge in [0.1, 0.15) is 5.75 Å². The maximum absolute atomic E-state index is 11.6. The molecule has 1 fully saturated rings. The summed E-state index contributed by atoms with van der Waals surface area (Å²) in [6.07, 6.45) is -2.55. The first-order valence-corrected chi connectivity index (χ1v) is 4.71. The minimum absolute atomic E-state index is 0.152. The molecule has 0 N–H and O–H groups in total. The molecule has 0 aromatic rings. The van der Waals surface area contributed by atoms with E-state index < -0.39 is 23.1 Å². The van der Waals surface area contributed by atoms with E-state index >= 15 is 0 Å². The molecule has 1 radical (unpaired) electrons. The van der Waals surface area contributed by atoms with Crippen LogP contribution in [0, 0.1) is 5.92 Å². The number of hydrogen-bond donors (Lipinski definition) is 0. The maximum Gasteiger partial charge on any atom is 0.433 e. The van der Waals surface area contributed by atoms with Crippen LogP contribution >= 0.6 is 0 Å². The highest BCUT2D eigenvalue weighted by Gasteiger charge is 2.37. The van der Waals surface area contributed by atoms with Gasteiger partial charge in [0.15, 0.2) is 0 Å². The Labute approximate surface area is 66.1 Å². The lowest BCUT2D eigenvalue weighted by atomic mass is 10.5. The summed E-state index contributed by atoms with van der Waals surface area (Å²) < 4.78 is 45.4. The van der Waals surface area contributed by atoms with Gasteiger partial charge in [0.05, 0.1) is 0 Å². The SMILES string of the molecule is [O-][S+](C[C]1CC1)CC(F)(F)F. The van der Waals surface area contributed by atoms with Crippen LogP contribution in [0.1, 0.15) is 12.8 Å². The van der Waals surface area contributed by atoms with Crippen LogP contribution in [0.3, 0.4) is 0 Å². The van der Waals surface area contributed by atoms with Gasteiger partial charge < -0.3 is 4.55 Å². The third-order valence-electron chi connectivity index (χ3n) is 1.29. The second-order valence-corrected chi connectivity index (χ2v) is 4.05. The molecular weight excluding hydrogens is 177 g/mol. The summed E-state index contributed by atoms with van der Waals surface area (Å²) in [7, 11) is 0. The number of halogens is 3. The monoisotopic (exact) mass is 185 g/mol. The van der Waals surface area contributed by atoms with E-state index in [9.17, 15) is 17.7 Å². The molecule has 1 atom stereocenters. The third kappa shape index (κ3) is 4.53. The summed E-state index contributed by atoms with van der Waals surface area (Å²) in [5.41, 5.74) is 0. The van der Waals surface area contributed by atoms with Crippen LogP contribution < -0.4 is 0 Å². The molecule has 11 heavy (non-hydrogen) atoms. The van der Waals surface area contributed by atoms with Crippen molar-refractivity contribution in [2.24, 2.45) is 0 Å². The van der Waals surface area contributed by atoms with Gasteiger partial charge in [-0.25, -0.2) is 0 Å². The molecule has 0 aromatic carbocycles. The van der Waals surface area contributed by atoms with Gasteiger partial charge in [0, 0.05) is 5.92 Å². The van der Waals surface area contributed by atoms with Crippen LogP contribution in [0.2, 0.25) is 0 Å². The van der Waals surface area contributed by atoms with Gasteiger partial charge in [-0.3, -0.25) is 0 Å². The highest BCUT2D eigenvalue weighted by Crippen LogP contribution is 2.34. The first-order chi connectivity index (χ1) is 4.97. The Morgan fingerprint density at radius 1 is 1.36 bits per heavy atom. The third-order valence-corrected chi connectivity index (χ3v) is 2.67. The van der Waals surface area contributed by atoms with Crippen LogP contribution in [0.5, 0.6) is 0 Å². The summed E-state index contributed by atoms with van der Waals surface area (Å²) in [5.74, 6) is 0.00306. The molecule has 5 heteroatoms. The van der Waals surface area contributed by atoms with Crippen molar-refractivity contribution in [3.8, 4) is 0 Å². The Balaban J connectivity index is 2.13. The van der Waals surface area contributed by atoms with Crippen molar-refractivity contribution in [1.29, 1.82) is 0 Å². The summed E-state index contributed by atoms with van der Waals surface area (Å²) >= 11 is -1.72. The normalized spacial score (nSPS) is 21.8. The quantitative estimate of drug-likeness (QED) is 0.613. The Kier molecular flexibility index (Phi) is 2.70. The first-order valence-electron chi connectivity index (χ1n) is 3.23. The van der Waals surface area contributed by atoms with Gasteiger partial charge in [0.25, 0.3) is 0 Å². The van der Waals surface area contributed by atoms with Gasteiger partial charge >= 0.3 is 6.18 Å². The lowest BCUT2D eigenvalue weighted by Gasteiger charge is -2.11. The standard InChI is InChI=1S/C6H8F3OS/c7-6(8,9)4-11(10)3-5-1-2-5/h1-4H2. The fourth-order valence-corrected chi connectivity index (χ4v) is 1.91. The molecule has 1 nitrogen and oxygen atoms in total. The van der Waals surface area contributed by atoms with Crippen molar-refractivity contribution in [3.63, 3.8) is 0 Å². The molecule has 0 heterocycles. The van der Waals surface area contributed by atoms with Crippen molar-refractivity contribution in [2.75, 3.05) is 11.5 Å². The minimum atomic E-state index is -4.28. The predicted molar refractivity (Wildman–Crippen MR) is 36.4 cm³/mol. The smallest absolute Gasteiger partial charge is 0.433 e. The van der Waals surface area contributed by atoms with Crippen molar-refractivity contribution < 1.29 is 17.7 Å². The summed E-state index contributed by atoms with van der Waals surface area (Å²) in [6, 6.07) is 0. The van der Waals surface area contributed by atoms with E-state index in [4.69, 9.17) is 0 Å². The average Bonchev–Trinajstić information content (AvgIpc) is 2.42. The number of alkyl halides is 3. The van der Waals surface area contributed by atoms with Crippen molar-refractivity contribution in [3.05, 3.63) is 5.92 Å². The van der Waals surface area contributed by atoms with Gasteiger partial charge in [-0.2, -0.15) is 13.2 Å². The highest BCUT2D eigenvalue weighted by molar-refractivity contribution is 7.91. The van der Waals surface area contributed by atoms with Crippen LogP contribution in [0.4, 0.5) is 13.2 Å². The molecule has 0 amide bonds. The molecule has 65 valence electrons. The van der Waals surface area contributed by atoms with Crippen LogP contribution in [-0.2, 0) is 11.2 Å². The summed E-state index contributed by atoms with van der Waals surface area (Å²) in [6.45, 7) is 0. The fraction of sp³-hybridized carbons (Fsp3) is 0.833. The maximum atomic E-state index is 11.6. The molecule has 0 bridgehead atoms. The van der Waals surface area contributed by atoms with Crippen LogP contribution in [-0.4, -0.2) is 22.2 Å². The molecule has 1 aliphatic carbocycles. The molecule has 1 rings (SSSR count). The second kappa shape index (κ2) is 3.23. The van der Waals surface area contributed by atoms with Gasteiger partial charge in [-0.05, 0) is 24.0 Å². The topological polar surface area (TPSA) is 23.1 Å². The average molecular weight is 185 g/mol. The van der Waals surface area contributed by atoms with E-state index in [0.29, 0.717) is 0 Å². The highest BCUT2D eigenvalue weighted by atomic mass is 32.2. The van der Waals surface area contributed by atoms with Gasteiger partial charge in [-0.1, -0.05) is 0 Å². The zero-order chi connectivity index (χ0) is 8.48. The zero-order valence-electron chi connectivity index (χ0n) is 5.78. The van der Waals surface area contributed by atoms with E-state index in [1.54, 1.807) is 0 Å². The summed E-state index contributed by atoms with van der Waals surface area (Å²) in [4.78, 5) is 0. The molecule has 0 spiro atoms. The largest absolute Gasteiger partial charge is 0.616 e. The Hall–Kier alpha value is 0.100. The van der Waals surface area contributed by atoms with Crippen molar-refractivity contribution in [2.45, 2.75) is 19.0 Å². The van der Waals surface area contributed by atoms with E-state index in [1.165, 1.54) is 0 Å². The molecule has 0 aliphatic heterocycles. The van der Waals surface area contributed by atoms with Gasteiger partial charge in [0.2, 0.25) is 5.75 Å². The second-order valence-electron chi connectivity index (χ2n) is 2.59. The zero-order valence-corrected chi connectivity index (χ0v) is 6.60. The molecule has 1 aliphatic rings.